The van der Waals surface area contributed by atoms with Gasteiger partial charge in [0.15, 0.2) is 22.8 Å². The van der Waals surface area contributed by atoms with Gasteiger partial charge >= 0.3 is 12.4 Å². The Hall–Kier alpha value is -4.66. The van der Waals surface area contributed by atoms with Gasteiger partial charge in [0.25, 0.3) is 11.8 Å². The van der Waals surface area contributed by atoms with Crippen molar-refractivity contribution in [2.45, 2.75) is 25.7 Å². The number of nitrogens with one attached hydrogen (secondary N) is 2. The minimum absolute atomic E-state index is 0.0271. The van der Waals surface area contributed by atoms with E-state index in [0.717, 1.165) is 6.07 Å². The summed E-state index contributed by atoms with van der Waals surface area (Å²) in [5.41, 5.74) is -4.92. The van der Waals surface area contributed by atoms with Crippen molar-refractivity contribution in [2.75, 3.05) is 11.9 Å². The Kier molecular flexibility index (Phi) is 8.70. The zero-order chi connectivity index (χ0) is 30.7. The van der Waals surface area contributed by atoms with Gasteiger partial charge in [-0.25, -0.2) is 9.67 Å². The van der Waals surface area contributed by atoms with E-state index in [1.807, 2.05) is 6.92 Å². The van der Waals surface area contributed by atoms with Crippen molar-refractivity contribution < 1.29 is 40.7 Å². The molecule has 4 aromatic rings. The van der Waals surface area contributed by atoms with Crippen LogP contribution in [0.1, 0.15) is 45.6 Å². The molecular formula is C26H19ClF6N6O3. The van der Waals surface area contributed by atoms with Crippen molar-refractivity contribution in [1.82, 2.24) is 25.3 Å². The van der Waals surface area contributed by atoms with Gasteiger partial charge in [0, 0.05) is 18.4 Å². The number of aromatic nitrogens is 4. The minimum atomic E-state index is -5.25. The van der Waals surface area contributed by atoms with E-state index in [9.17, 15) is 35.9 Å². The number of alkyl halides is 6. The van der Waals surface area contributed by atoms with E-state index in [2.05, 4.69) is 25.9 Å². The lowest BCUT2D eigenvalue weighted by Gasteiger charge is -2.14. The molecule has 2 aromatic heterocycles. The fourth-order valence-electron chi connectivity index (χ4n) is 3.60. The van der Waals surface area contributed by atoms with E-state index in [4.69, 9.17) is 16.3 Å². The first-order chi connectivity index (χ1) is 19.8. The normalized spacial score (nSPS) is 11.7. The van der Waals surface area contributed by atoms with Crippen LogP contribution in [-0.4, -0.2) is 38.3 Å². The maximum atomic E-state index is 14.0. The molecule has 42 heavy (non-hydrogen) atoms. The van der Waals surface area contributed by atoms with Crippen molar-refractivity contribution in [2.24, 2.45) is 0 Å². The molecule has 0 saturated carbocycles. The number of amides is 2. The molecule has 0 aliphatic heterocycles. The number of nitrogens with zero attached hydrogens (tertiary/aromatic N) is 4. The second kappa shape index (κ2) is 12.1. The average Bonchev–Trinajstić information content (AvgIpc) is 3.39. The summed E-state index contributed by atoms with van der Waals surface area (Å²) in [5, 5.41) is 11.0. The minimum Gasteiger partial charge on any atom is -0.455 e. The number of ether oxygens (including phenoxy) is 1. The molecule has 0 aliphatic carbocycles. The van der Waals surface area contributed by atoms with E-state index in [1.165, 1.54) is 36.5 Å². The van der Waals surface area contributed by atoms with Crippen LogP contribution in [0.5, 0.6) is 11.5 Å². The van der Waals surface area contributed by atoms with Crippen LogP contribution in [0.25, 0.3) is 5.69 Å². The third-order valence-electron chi connectivity index (χ3n) is 5.52. The van der Waals surface area contributed by atoms with Crippen LogP contribution in [0.3, 0.4) is 0 Å². The van der Waals surface area contributed by atoms with Gasteiger partial charge in [0.05, 0.1) is 16.3 Å². The largest absolute Gasteiger partial charge is 0.455 e. The number of carbonyl (C=O) groups excluding carboxylic acids is 2. The van der Waals surface area contributed by atoms with Gasteiger partial charge in [-0.3, -0.25) is 9.59 Å². The number of rotatable bonds is 8. The summed E-state index contributed by atoms with van der Waals surface area (Å²) < 4.78 is 87.3. The molecule has 2 aromatic carbocycles. The van der Waals surface area contributed by atoms with Gasteiger partial charge in [0.2, 0.25) is 0 Å². The summed E-state index contributed by atoms with van der Waals surface area (Å²) in [7, 11) is 0. The molecule has 0 fully saturated rings. The highest BCUT2D eigenvalue weighted by atomic mass is 35.5. The van der Waals surface area contributed by atoms with Crippen LogP contribution in [0, 0.1) is 0 Å². The molecule has 2 N–H and O–H groups in total. The summed E-state index contributed by atoms with van der Waals surface area (Å²) in [6.45, 7) is 2.31. The Morgan fingerprint density at radius 1 is 0.952 bits per heavy atom. The Bertz CT molecular complexity index is 1610. The average molecular weight is 613 g/mol. The zero-order valence-electron chi connectivity index (χ0n) is 21.3. The second-order valence-electron chi connectivity index (χ2n) is 8.55. The second-order valence-corrected chi connectivity index (χ2v) is 8.95. The smallest absolute Gasteiger partial charge is 0.435 e. The zero-order valence-corrected chi connectivity index (χ0v) is 22.1. The molecule has 2 heterocycles. The van der Waals surface area contributed by atoms with Crippen molar-refractivity contribution >= 4 is 29.1 Å². The molecule has 0 unspecified atom stereocenters. The van der Waals surface area contributed by atoms with E-state index in [1.54, 1.807) is 6.07 Å². The lowest BCUT2D eigenvalue weighted by Crippen LogP contribution is -2.25. The Morgan fingerprint density at radius 3 is 2.31 bits per heavy atom. The van der Waals surface area contributed by atoms with Crippen molar-refractivity contribution in [1.29, 1.82) is 0 Å². The SMILES string of the molecule is CCCNC(=O)c1ncccc1Oc1ccc(NC(=O)c2nnn(-c3cc(C(F)(F)F)ccc3Cl)c2C(F)(F)F)cc1. The highest BCUT2D eigenvalue weighted by Gasteiger charge is 2.43. The summed E-state index contributed by atoms with van der Waals surface area (Å²) in [6.07, 6.45) is -8.01. The molecule has 4 rings (SSSR count). The highest BCUT2D eigenvalue weighted by molar-refractivity contribution is 6.32. The Morgan fingerprint density at radius 2 is 1.67 bits per heavy atom. The Balaban J connectivity index is 1.57. The first-order valence-electron chi connectivity index (χ1n) is 12.0. The van der Waals surface area contributed by atoms with Gasteiger partial charge in [-0.1, -0.05) is 23.7 Å². The molecule has 0 atom stereocenters. The van der Waals surface area contributed by atoms with E-state index in [0.29, 0.717) is 25.1 Å². The maximum Gasteiger partial charge on any atom is 0.435 e. The summed E-state index contributed by atoms with van der Waals surface area (Å²) in [5.74, 6) is -1.43. The van der Waals surface area contributed by atoms with Crippen LogP contribution in [-0.2, 0) is 12.4 Å². The first kappa shape index (κ1) is 30.3. The lowest BCUT2D eigenvalue weighted by atomic mass is 10.2. The number of carbonyl (C=O) groups is 2. The van der Waals surface area contributed by atoms with E-state index < -0.39 is 51.8 Å². The standard InChI is InChI=1S/C26H19ClF6N6O3/c1-2-11-35-23(40)20-19(4-3-12-34-20)42-16-8-6-15(7-9-16)36-24(41)21-22(26(31,32)33)39(38-37-21)18-13-14(25(28,29)30)5-10-17(18)27/h3-10,12-13H,2,11H2,1H3,(H,35,40)(H,36,41). The Labute approximate surface area is 238 Å². The van der Waals surface area contributed by atoms with Crippen LogP contribution in [0.2, 0.25) is 5.02 Å². The fourth-order valence-corrected chi connectivity index (χ4v) is 3.80. The quantitative estimate of drug-likeness (QED) is 0.219. The molecule has 0 saturated heterocycles. The predicted octanol–water partition coefficient (Wildman–Crippen LogP) is 6.54. The monoisotopic (exact) mass is 612 g/mol. The summed E-state index contributed by atoms with van der Waals surface area (Å²) >= 11 is 5.88. The number of hydrogen-bond donors (Lipinski definition) is 2. The lowest BCUT2D eigenvalue weighted by molar-refractivity contribution is -0.143. The van der Waals surface area contributed by atoms with Crippen LogP contribution in [0.15, 0.2) is 60.8 Å². The summed E-state index contributed by atoms with van der Waals surface area (Å²) in [6, 6.07) is 10.2. The topological polar surface area (TPSA) is 111 Å². The van der Waals surface area contributed by atoms with Crippen LogP contribution < -0.4 is 15.4 Å². The number of benzene rings is 2. The molecular weight excluding hydrogens is 594 g/mol. The molecule has 220 valence electrons. The van der Waals surface area contributed by atoms with Gasteiger partial charge in [-0.2, -0.15) is 26.3 Å². The number of halogens is 7. The summed E-state index contributed by atoms with van der Waals surface area (Å²) in [4.78, 5) is 29.2. The van der Waals surface area contributed by atoms with E-state index >= 15 is 0 Å². The van der Waals surface area contributed by atoms with Crippen molar-refractivity contribution in [3.05, 3.63) is 88.5 Å². The van der Waals surface area contributed by atoms with Crippen LogP contribution in [0.4, 0.5) is 32.0 Å². The van der Waals surface area contributed by atoms with Gasteiger partial charge in [-0.15, -0.1) is 5.10 Å². The van der Waals surface area contributed by atoms with Gasteiger partial charge in [0.1, 0.15) is 5.75 Å². The highest BCUT2D eigenvalue weighted by Crippen LogP contribution is 2.37. The molecule has 2 amide bonds. The molecule has 0 bridgehead atoms. The predicted molar refractivity (Wildman–Crippen MR) is 138 cm³/mol. The first-order valence-corrected chi connectivity index (χ1v) is 12.4. The van der Waals surface area contributed by atoms with Crippen molar-refractivity contribution in [3.63, 3.8) is 0 Å². The molecule has 0 spiro atoms. The molecule has 9 nitrogen and oxygen atoms in total. The molecule has 16 heteroatoms. The number of hydrogen-bond acceptors (Lipinski definition) is 6. The van der Waals surface area contributed by atoms with Gasteiger partial charge in [-0.05, 0) is 61.0 Å². The third kappa shape index (κ3) is 6.79. The van der Waals surface area contributed by atoms with Gasteiger partial charge < -0.3 is 15.4 Å². The number of pyridine rings is 1. The maximum absolute atomic E-state index is 14.0. The van der Waals surface area contributed by atoms with Crippen molar-refractivity contribution in [3.8, 4) is 17.2 Å². The van der Waals surface area contributed by atoms with E-state index in [-0.39, 0.29) is 27.6 Å². The third-order valence-corrected chi connectivity index (χ3v) is 5.84. The fraction of sp³-hybridized carbons (Fsp3) is 0.192. The van der Waals surface area contributed by atoms with Crippen LogP contribution >= 0.6 is 11.6 Å². The molecule has 0 aliphatic rings. The molecule has 0 radical (unpaired) electrons. The number of anilines is 1.